The minimum atomic E-state index is -4.05. The second-order valence-corrected chi connectivity index (χ2v) is 5.59. The second kappa shape index (κ2) is 5.66. The van der Waals surface area contributed by atoms with Gasteiger partial charge in [0.25, 0.3) is 0 Å². The van der Waals surface area contributed by atoms with Crippen molar-refractivity contribution >= 4 is 5.69 Å². The number of hydrogen-bond donors (Lipinski definition) is 1. The lowest BCUT2D eigenvalue weighted by Gasteiger charge is -2.31. The van der Waals surface area contributed by atoms with E-state index in [1.54, 1.807) is 0 Å². The average molecular weight is 301 g/mol. The van der Waals surface area contributed by atoms with Gasteiger partial charge in [-0.1, -0.05) is 0 Å². The van der Waals surface area contributed by atoms with Crippen LogP contribution in [0.15, 0.2) is 18.2 Å². The summed E-state index contributed by atoms with van der Waals surface area (Å²) in [6, 6.07) is 5.65. The van der Waals surface area contributed by atoms with E-state index in [-0.39, 0.29) is 18.9 Å². The Morgan fingerprint density at radius 3 is 2.29 bits per heavy atom. The maximum Gasteiger partial charge on any atom is 0.391 e. The van der Waals surface area contributed by atoms with Gasteiger partial charge in [0, 0.05) is 17.8 Å². The molecule has 6 heteroatoms. The minimum Gasteiger partial charge on any atom is -0.486 e. The minimum absolute atomic E-state index is 0.0890. The maximum absolute atomic E-state index is 12.6. The third kappa shape index (κ3) is 3.36. The fourth-order valence-corrected chi connectivity index (χ4v) is 2.93. The molecular weight excluding hydrogens is 283 g/mol. The van der Waals surface area contributed by atoms with E-state index >= 15 is 0 Å². The van der Waals surface area contributed by atoms with E-state index in [0.717, 1.165) is 5.69 Å². The van der Waals surface area contributed by atoms with E-state index in [9.17, 15) is 13.2 Å². The van der Waals surface area contributed by atoms with Crippen LogP contribution >= 0.6 is 0 Å². The van der Waals surface area contributed by atoms with Crippen LogP contribution in [0.4, 0.5) is 18.9 Å². The largest absolute Gasteiger partial charge is 0.486 e. The maximum atomic E-state index is 12.6. The smallest absolute Gasteiger partial charge is 0.391 e. The van der Waals surface area contributed by atoms with Crippen molar-refractivity contribution in [2.75, 3.05) is 18.5 Å². The first-order valence-electron chi connectivity index (χ1n) is 7.25. The predicted octanol–water partition coefficient (Wildman–Crippen LogP) is 3.99. The first-order valence-corrected chi connectivity index (χ1v) is 7.25. The lowest BCUT2D eigenvalue weighted by molar-refractivity contribution is -0.182. The summed E-state index contributed by atoms with van der Waals surface area (Å²) in [7, 11) is 0. The molecule has 21 heavy (non-hydrogen) atoms. The van der Waals surface area contributed by atoms with Gasteiger partial charge in [-0.05, 0) is 37.8 Å². The van der Waals surface area contributed by atoms with E-state index < -0.39 is 12.1 Å². The summed E-state index contributed by atoms with van der Waals surface area (Å²) in [5, 5.41) is 3.30. The molecule has 0 saturated heterocycles. The first kappa shape index (κ1) is 14.4. The Hall–Kier alpha value is -1.59. The van der Waals surface area contributed by atoms with Crippen molar-refractivity contribution in [2.24, 2.45) is 5.92 Å². The summed E-state index contributed by atoms with van der Waals surface area (Å²) in [6.45, 7) is 1.06. The Kier molecular flexibility index (Phi) is 3.87. The first-order chi connectivity index (χ1) is 10.0. The normalized spacial score (nSPS) is 25.5. The zero-order valence-electron chi connectivity index (χ0n) is 11.6. The highest BCUT2D eigenvalue weighted by molar-refractivity contribution is 5.55. The van der Waals surface area contributed by atoms with Crippen molar-refractivity contribution in [3.05, 3.63) is 18.2 Å². The summed E-state index contributed by atoms with van der Waals surface area (Å²) in [5.74, 6) is 0.263. The second-order valence-electron chi connectivity index (χ2n) is 5.59. The van der Waals surface area contributed by atoms with Crippen LogP contribution in [0, 0.1) is 5.92 Å². The van der Waals surface area contributed by atoms with Gasteiger partial charge in [0.05, 0.1) is 5.92 Å². The number of alkyl halides is 3. The number of rotatable bonds is 2. The van der Waals surface area contributed by atoms with Gasteiger partial charge in [-0.15, -0.1) is 0 Å². The van der Waals surface area contributed by atoms with E-state index in [0.29, 0.717) is 37.6 Å². The predicted molar refractivity (Wildman–Crippen MR) is 72.9 cm³/mol. The molecule has 1 fully saturated rings. The van der Waals surface area contributed by atoms with E-state index in [1.807, 2.05) is 18.2 Å². The van der Waals surface area contributed by atoms with Crippen LogP contribution in [0.25, 0.3) is 0 Å². The van der Waals surface area contributed by atoms with Crippen molar-refractivity contribution in [1.82, 2.24) is 0 Å². The molecule has 1 aromatic carbocycles. The molecule has 0 atom stereocenters. The molecule has 116 valence electrons. The zero-order valence-corrected chi connectivity index (χ0v) is 11.6. The summed E-state index contributed by atoms with van der Waals surface area (Å²) in [4.78, 5) is 0. The highest BCUT2D eigenvalue weighted by Crippen LogP contribution is 2.39. The van der Waals surface area contributed by atoms with Crippen LogP contribution < -0.4 is 14.8 Å². The van der Waals surface area contributed by atoms with Gasteiger partial charge >= 0.3 is 6.18 Å². The quantitative estimate of drug-likeness (QED) is 0.896. The van der Waals surface area contributed by atoms with Crippen LogP contribution in [0.3, 0.4) is 0 Å². The van der Waals surface area contributed by atoms with Crippen molar-refractivity contribution in [1.29, 1.82) is 0 Å². The molecule has 1 heterocycles. The molecule has 0 spiro atoms. The van der Waals surface area contributed by atoms with Crippen LogP contribution in [0.2, 0.25) is 0 Å². The molecule has 2 aliphatic rings. The number of fused-ring (bicyclic) bond motifs is 1. The summed E-state index contributed by atoms with van der Waals surface area (Å²) in [6.07, 6.45) is -2.57. The fraction of sp³-hybridized carbons (Fsp3) is 0.600. The van der Waals surface area contributed by atoms with Crippen LogP contribution in [0.5, 0.6) is 11.5 Å². The Balaban J connectivity index is 1.58. The monoisotopic (exact) mass is 301 g/mol. The molecule has 1 saturated carbocycles. The third-order valence-electron chi connectivity index (χ3n) is 4.10. The van der Waals surface area contributed by atoms with Gasteiger partial charge in [0.2, 0.25) is 0 Å². The molecular formula is C15H18F3NO2. The summed E-state index contributed by atoms with van der Waals surface area (Å²) >= 11 is 0. The molecule has 1 aromatic rings. The average Bonchev–Trinajstić information content (AvgIpc) is 2.47. The molecule has 0 radical (unpaired) electrons. The van der Waals surface area contributed by atoms with Gasteiger partial charge < -0.3 is 14.8 Å². The highest BCUT2D eigenvalue weighted by Gasteiger charge is 2.41. The van der Waals surface area contributed by atoms with Crippen LogP contribution in [-0.2, 0) is 0 Å². The highest BCUT2D eigenvalue weighted by atomic mass is 19.4. The Morgan fingerprint density at radius 1 is 0.952 bits per heavy atom. The fourth-order valence-electron chi connectivity index (χ4n) is 2.93. The molecule has 1 aliphatic heterocycles. The van der Waals surface area contributed by atoms with E-state index in [1.165, 1.54) is 0 Å². The topological polar surface area (TPSA) is 30.5 Å². The van der Waals surface area contributed by atoms with Crippen LogP contribution in [0.1, 0.15) is 25.7 Å². The molecule has 0 aromatic heterocycles. The molecule has 0 amide bonds. The van der Waals surface area contributed by atoms with Gasteiger partial charge in [-0.2, -0.15) is 13.2 Å². The van der Waals surface area contributed by atoms with Crippen molar-refractivity contribution in [3.63, 3.8) is 0 Å². The standard InChI is InChI=1S/C15H18F3NO2/c16-15(17,18)10-1-3-11(4-2-10)19-12-5-6-13-14(9-12)21-8-7-20-13/h5-6,9-11,19H,1-4,7-8H2. The summed E-state index contributed by atoms with van der Waals surface area (Å²) in [5.41, 5.74) is 0.870. The van der Waals surface area contributed by atoms with E-state index in [4.69, 9.17) is 9.47 Å². The van der Waals surface area contributed by atoms with Crippen LogP contribution in [-0.4, -0.2) is 25.4 Å². The van der Waals surface area contributed by atoms with Crippen molar-refractivity contribution in [3.8, 4) is 11.5 Å². The lowest BCUT2D eigenvalue weighted by atomic mass is 9.85. The van der Waals surface area contributed by atoms with Gasteiger partial charge in [0.15, 0.2) is 11.5 Å². The molecule has 1 aliphatic carbocycles. The number of benzene rings is 1. The van der Waals surface area contributed by atoms with Gasteiger partial charge in [-0.3, -0.25) is 0 Å². The zero-order chi connectivity index (χ0) is 14.9. The lowest BCUT2D eigenvalue weighted by Crippen LogP contribution is -2.32. The number of anilines is 1. The Bertz CT molecular complexity index is 496. The molecule has 3 nitrogen and oxygen atoms in total. The number of ether oxygens (including phenoxy) is 2. The molecule has 0 unspecified atom stereocenters. The number of halogens is 3. The molecule has 3 rings (SSSR count). The molecule has 0 bridgehead atoms. The Labute approximate surface area is 121 Å². The Morgan fingerprint density at radius 2 is 1.62 bits per heavy atom. The van der Waals surface area contributed by atoms with Gasteiger partial charge in [0.1, 0.15) is 13.2 Å². The SMILES string of the molecule is FC(F)(F)C1CCC(Nc2ccc3c(c2)OCCO3)CC1. The van der Waals surface area contributed by atoms with E-state index in [2.05, 4.69) is 5.32 Å². The third-order valence-corrected chi connectivity index (χ3v) is 4.10. The van der Waals surface area contributed by atoms with Crippen molar-refractivity contribution in [2.45, 2.75) is 37.9 Å². The van der Waals surface area contributed by atoms with Crippen molar-refractivity contribution < 1.29 is 22.6 Å². The summed E-state index contributed by atoms with van der Waals surface area (Å²) < 4.78 is 48.8. The number of hydrogen-bond acceptors (Lipinski definition) is 3. The molecule has 1 N–H and O–H groups in total. The van der Waals surface area contributed by atoms with Gasteiger partial charge in [-0.25, -0.2) is 0 Å². The number of nitrogens with one attached hydrogen (secondary N) is 1.